The van der Waals surface area contributed by atoms with Crippen LogP contribution in [-0.2, 0) is 0 Å². The number of phenolic OH excluding ortho intramolecular Hbond substituents is 1. The van der Waals surface area contributed by atoms with E-state index in [0.29, 0.717) is 8.47 Å². The minimum Gasteiger partial charge on any atom is -0.507 e. The lowest BCUT2D eigenvalue weighted by atomic mass is 10.2. The van der Waals surface area contributed by atoms with E-state index in [1.54, 1.807) is 0 Å². The van der Waals surface area contributed by atoms with E-state index in [2.05, 4.69) is 0 Å². The standard InChI is InChI=1S/C11H11F3INO2/c1-2-16(6-11(12,13)14)10(18)7-3-4-8(15)9(17)5-7/h3-5,17H,2,6H2,1H3. The molecule has 1 rings (SSSR count). The SMILES string of the molecule is CCN(CC(F)(F)F)C(=O)c1ccc(I)c(O)c1. The van der Waals surface area contributed by atoms with Gasteiger partial charge in [-0.05, 0) is 47.7 Å². The van der Waals surface area contributed by atoms with Crippen molar-refractivity contribution in [2.75, 3.05) is 13.1 Å². The van der Waals surface area contributed by atoms with E-state index in [0.717, 1.165) is 0 Å². The number of rotatable bonds is 3. The van der Waals surface area contributed by atoms with Crippen LogP contribution >= 0.6 is 22.6 Å². The molecule has 0 aromatic heterocycles. The first-order valence-corrected chi connectivity index (χ1v) is 6.17. The number of amides is 1. The number of hydrogen-bond donors (Lipinski definition) is 1. The smallest absolute Gasteiger partial charge is 0.406 e. The number of carbonyl (C=O) groups is 1. The van der Waals surface area contributed by atoms with Gasteiger partial charge in [-0.2, -0.15) is 13.2 Å². The van der Waals surface area contributed by atoms with Crippen molar-refractivity contribution in [1.82, 2.24) is 4.90 Å². The highest BCUT2D eigenvalue weighted by atomic mass is 127. The summed E-state index contributed by atoms with van der Waals surface area (Å²) in [5.74, 6) is -0.869. The maximum atomic E-state index is 12.3. The maximum Gasteiger partial charge on any atom is 0.406 e. The highest BCUT2D eigenvalue weighted by Crippen LogP contribution is 2.23. The summed E-state index contributed by atoms with van der Waals surface area (Å²) in [5.41, 5.74) is 0.0408. The van der Waals surface area contributed by atoms with Crippen LogP contribution in [0.2, 0.25) is 0 Å². The summed E-state index contributed by atoms with van der Waals surface area (Å²) >= 11 is 1.86. The van der Waals surface area contributed by atoms with E-state index >= 15 is 0 Å². The molecule has 1 aromatic carbocycles. The van der Waals surface area contributed by atoms with Gasteiger partial charge in [0.05, 0.1) is 3.57 Å². The molecular weight excluding hydrogens is 362 g/mol. The summed E-state index contributed by atoms with van der Waals surface area (Å²) in [7, 11) is 0. The highest BCUT2D eigenvalue weighted by molar-refractivity contribution is 14.1. The van der Waals surface area contributed by atoms with Gasteiger partial charge in [0.25, 0.3) is 5.91 Å². The molecule has 0 unspecified atom stereocenters. The van der Waals surface area contributed by atoms with Crippen molar-refractivity contribution >= 4 is 28.5 Å². The molecule has 18 heavy (non-hydrogen) atoms. The lowest BCUT2D eigenvalue weighted by molar-refractivity contribution is -0.140. The minimum atomic E-state index is -4.43. The van der Waals surface area contributed by atoms with Crippen LogP contribution in [0.25, 0.3) is 0 Å². The van der Waals surface area contributed by atoms with Gasteiger partial charge in [0.2, 0.25) is 0 Å². The fourth-order valence-corrected chi connectivity index (χ4v) is 1.71. The number of hydrogen-bond acceptors (Lipinski definition) is 2. The van der Waals surface area contributed by atoms with Crippen molar-refractivity contribution in [3.8, 4) is 5.75 Å². The molecule has 0 saturated carbocycles. The van der Waals surface area contributed by atoms with Gasteiger partial charge < -0.3 is 10.0 Å². The summed E-state index contributed by atoms with van der Waals surface area (Å²) in [6.07, 6.45) is -4.43. The molecule has 100 valence electrons. The van der Waals surface area contributed by atoms with Crippen molar-refractivity contribution in [1.29, 1.82) is 0 Å². The van der Waals surface area contributed by atoms with Gasteiger partial charge in [0, 0.05) is 12.1 Å². The first-order chi connectivity index (χ1) is 8.24. The minimum absolute atomic E-state index is 0.0408. The molecule has 1 amide bonds. The molecule has 0 saturated heterocycles. The number of benzene rings is 1. The van der Waals surface area contributed by atoms with Crippen molar-refractivity contribution in [3.63, 3.8) is 0 Å². The molecule has 0 aliphatic rings. The van der Waals surface area contributed by atoms with Gasteiger partial charge >= 0.3 is 6.18 Å². The van der Waals surface area contributed by atoms with Gasteiger partial charge in [0.15, 0.2) is 0 Å². The van der Waals surface area contributed by atoms with Crippen LogP contribution in [0.15, 0.2) is 18.2 Å². The second-order valence-electron chi connectivity index (χ2n) is 3.60. The van der Waals surface area contributed by atoms with Crippen molar-refractivity contribution in [2.24, 2.45) is 0 Å². The Morgan fingerprint density at radius 3 is 2.50 bits per heavy atom. The quantitative estimate of drug-likeness (QED) is 0.828. The lowest BCUT2D eigenvalue weighted by Gasteiger charge is -2.22. The van der Waals surface area contributed by atoms with Crippen molar-refractivity contribution in [3.05, 3.63) is 27.3 Å². The Hall–Kier alpha value is -0.990. The monoisotopic (exact) mass is 373 g/mol. The summed E-state index contributed by atoms with van der Waals surface area (Å²) in [6.45, 7) is 0.121. The number of phenols is 1. The molecule has 0 heterocycles. The van der Waals surface area contributed by atoms with E-state index in [-0.39, 0.29) is 17.9 Å². The number of halogens is 4. The third-order valence-corrected chi connectivity index (χ3v) is 3.14. The zero-order valence-corrected chi connectivity index (χ0v) is 11.6. The molecule has 0 aliphatic carbocycles. The average molecular weight is 373 g/mol. The van der Waals surface area contributed by atoms with Gasteiger partial charge in [-0.3, -0.25) is 4.79 Å². The fraction of sp³-hybridized carbons (Fsp3) is 0.364. The van der Waals surface area contributed by atoms with Crippen LogP contribution in [0.5, 0.6) is 5.75 Å². The Kier molecular flexibility index (Phi) is 4.83. The van der Waals surface area contributed by atoms with Crippen molar-refractivity contribution < 1.29 is 23.1 Å². The van der Waals surface area contributed by atoms with Gasteiger partial charge in [-0.15, -0.1) is 0 Å². The summed E-state index contributed by atoms with van der Waals surface area (Å²) < 4.78 is 37.3. The summed E-state index contributed by atoms with van der Waals surface area (Å²) in [5, 5.41) is 9.44. The topological polar surface area (TPSA) is 40.5 Å². The molecule has 7 heteroatoms. The predicted molar refractivity (Wildman–Crippen MR) is 68.5 cm³/mol. The summed E-state index contributed by atoms with van der Waals surface area (Å²) in [4.78, 5) is 12.5. The first kappa shape index (κ1) is 15.1. The zero-order valence-electron chi connectivity index (χ0n) is 9.46. The molecule has 0 atom stereocenters. The average Bonchev–Trinajstić information content (AvgIpc) is 2.27. The lowest BCUT2D eigenvalue weighted by Crippen LogP contribution is -2.38. The molecular formula is C11H11F3INO2. The zero-order chi connectivity index (χ0) is 13.9. The molecule has 1 N–H and O–H groups in total. The second-order valence-corrected chi connectivity index (χ2v) is 4.76. The van der Waals surface area contributed by atoms with Crippen LogP contribution in [-0.4, -0.2) is 35.2 Å². The predicted octanol–water partition coefficient (Wildman–Crippen LogP) is 3.02. The van der Waals surface area contributed by atoms with Crippen LogP contribution in [0.1, 0.15) is 17.3 Å². The van der Waals surface area contributed by atoms with E-state index in [9.17, 15) is 23.1 Å². The molecule has 0 spiro atoms. The fourth-order valence-electron chi connectivity index (χ4n) is 1.37. The van der Waals surface area contributed by atoms with Crippen molar-refractivity contribution in [2.45, 2.75) is 13.1 Å². The van der Waals surface area contributed by atoms with E-state index in [1.807, 2.05) is 22.6 Å². The van der Waals surface area contributed by atoms with Crippen LogP contribution in [0.4, 0.5) is 13.2 Å². The highest BCUT2D eigenvalue weighted by Gasteiger charge is 2.32. The maximum absolute atomic E-state index is 12.3. The normalized spacial score (nSPS) is 11.4. The van der Waals surface area contributed by atoms with Gasteiger partial charge in [-0.25, -0.2) is 0 Å². The van der Waals surface area contributed by atoms with Gasteiger partial charge in [0.1, 0.15) is 12.3 Å². The molecule has 3 nitrogen and oxygen atoms in total. The number of aromatic hydroxyl groups is 1. The Morgan fingerprint density at radius 2 is 2.06 bits per heavy atom. The first-order valence-electron chi connectivity index (χ1n) is 5.09. The number of nitrogens with zero attached hydrogens (tertiary/aromatic N) is 1. The van der Waals surface area contributed by atoms with E-state index in [1.165, 1.54) is 25.1 Å². The van der Waals surface area contributed by atoms with Gasteiger partial charge in [-0.1, -0.05) is 0 Å². The Labute approximate surface area is 116 Å². The molecule has 0 bridgehead atoms. The van der Waals surface area contributed by atoms with Crippen LogP contribution in [0.3, 0.4) is 0 Å². The Bertz CT molecular complexity index is 448. The van der Waals surface area contributed by atoms with Crippen LogP contribution in [0, 0.1) is 3.57 Å². The molecule has 0 fully saturated rings. The number of alkyl halides is 3. The third kappa shape index (κ3) is 4.04. The molecule has 0 aliphatic heterocycles. The number of carbonyl (C=O) groups excluding carboxylic acids is 1. The Balaban J connectivity index is 2.93. The Morgan fingerprint density at radius 1 is 1.44 bits per heavy atom. The second kappa shape index (κ2) is 5.77. The van der Waals surface area contributed by atoms with E-state index in [4.69, 9.17) is 0 Å². The van der Waals surface area contributed by atoms with E-state index < -0.39 is 18.6 Å². The van der Waals surface area contributed by atoms with Crippen LogP contribution < -0.4 is 0 Å². The molecule has 1 aromatic rings. The third-order valence-electron chi connectivity index (χ3n) is 2.23. The molecule has 0 radical (unpaired) electrons. The summed E-state index contributed by atoms with van der Waals surface area (Å²) in [6, 6.07) is 4.04. The largest absolute Gasteiger partial charge is 0.507 e.